The average molecular weight is 213 g/mol. The molecule has 0 radical (unpaired) electrons. The molecule has 0 heterocycles. The third-order valence-electron chi connectivity index (χ3n) is 1.83. The van der Waals surface area contributed by atoms with Gasteiger partial charge < -0.3 is 15.2 Å². The minimum Gasteiger partial charge on any atom is -0.497 e. The molecule has 0 bridgehead atoms. The smallest absolute Gasteiger partial charge is 0.305 e. The number of hydrogen-bond acceptors (Lipinski definition) is 3. The predicted octanol–water partition coefficient (Wildman–Crippen LogP) is 1.72. The van der Waals surface area contributed by atoms with E-state index in [-0.39, 0.29) is 18.7 Å². The van der Waals surface area contributed by atoms with Crippen molar-refractivity contribution >= 4 is 11.7 Å². The number of ether oxygens (including phenoxy) is 1. The predicted molar refractivity (Wildman–Crippen MR) is 53.7 cm³/mol. The zero-order valence-corrected chi connectivity index (χ0v) is 8.29. The number of anilines is 1. The average Bonchev–Trinajstić information content (AvgIpc) is 2.20. The largest absolute Gasteiger partial charge is 0.497 e. The SMILES string of the molecule is COc1ccc(F)c(NCCC(=O)O)c1. The van der Waals surface area contributed by atoms with E-state index in [9.17, 15) is 9.18 Å². The number of carbonyl (C=O) groups is 1. The monoisotopic (exact) mass is 213 g/mol. The molecule has 0 aliphatic carbocycles. The molecule has 0 aliphatic heterocycles. The van der Waals surface area contributed by atoms with Gasteiger partial charge in [0.05, 0.1) is 19.2 Å². The maximum absolute atomic E-state index is 13.2. The van der Waals surface area contributed by atoms with E-state index in [0.29, 0.717) is 5.75 Å². The van der Waals surface area contributed by atoms with Crippen LogP contribution in [0.1, 0.15) is 6.42 Å². The number of benzene rings is 1. The number of methoxy groups -OCH3 is 1. The van der Waals surface area contributed by atoms with Crippen molar-refractivity contribution in [1.29, 1.82) is 0 Å². The number of nitrogens with one attached hydrogen (secondary N) is 1. The van der Waals surface area contributed by atoms with Crippen molar-refractivity contribution in [1.82, 2.24) is 0 Å². The highest BCUT2D eigenvalue weighted by atomic mass is 19.1. The van der Waals surface area contributed by atoms with Gasteiger partial charge in [-0.05, 0) is 12.1 Å². The first-order valence-corrected chi connectivity index (χ1v) is 4.42. The minimum atomic E-state index is -0.925. The standard InChI is InChI=1S/C10H12FNO3/c1-15-7-2-3-8(11)9(6-7)12-5-4-10(13)14/h2-3,6,12H,4-5H2,1H3,(H,13,14). The van der Waals surface area contributed by atoms with Crippen molar-refractivity contribution in [3.05, 3.63) is 24.0 Å². The van der Waals surface area contributed by atoms with Gasteiger partial charge >= 0.3 is 5.97 Å². The van der Waals surface area contributed by atoms with Crippen LogP contribution in [-0.2, 0) is 4.79 Å². The lowest BCUT2D eigenvalue weighted by molar-refractivity contribution is -0.136. The van der Waals surface area contributed by atoms with Gasteiger partial charge in [-0.15, -0.1) is 0 Å². The molecule has 1 aromatic carbocycles. The Hall–Kier alpha value is -1.78. The lowest BCUT2D eigenvalue weighted by atomic mass is 10.2. The number of carboxylic acid groups (broad SMARTS) is 1. The van der Waals surface area contributed by atoms with E-state index in [0.717, 1.165) is 0 Å². The Balaban J connectivity index is 2.62. The third kappa shape index (κ3) is 3.46. The van der Waals surface area contributed by atoms with Crippen molar-refractivity contribution in [2.24, 2.45) is 0 Å². The van der Waals surface area contributed by atoms with Crippen LogP contribution in [0.3, 0.4) is 0 Å². The molecule has 0 aliphatic rings. The summed E-state index contributed by atoms with van der Waals surface area (Å²) in [5.41, 5.74) is 0.246. The molecule has 5 heteroatoms. The fourth-order valence-corrected chi connectivity index (χ4v) is 1.07. The summed E-state index contributed by atoms with van der Waals surface area (Å²) in [7, 11) is 1.48. The van der Waals surface area contributed by atoms with Crippen molar-refractivity contribution in [3.63, 3.8) is 0 Å². The topological polar surface area (TPSA) is 58.6 Å². The Morgan fingerprint density at radius 2 is 2.33 bits per heavy atom. The second-order valence-electron chi connectivity index (χ2n) is 2.92. The molecule has 82 valence electrons. The number of rotatable bonds is 5. The van der Waals surface area contributed by atoms with Gasteiger partial charge in [0.2, 0.25) is 0 Å². The van der Waals surface area contributed by atoms with Crippen LogP contribution in [0.15, 0.2) is 18.2 Å². The molecule has 0 spiro atoms. The van der Waals surface area contributed by atoms with Gasteiger partial charge in [-0.25, -0.2) is 4.39 Å². The number of hydrogen-bond donors (Lipinski definition) is 2. The number of halogens is 1. The molecule has 0 saturated carbocycles. The van der Waals surface area contributed by atoms with Crippen LogP contribution in [0.5, 0.6) is 5.75 Å². The second kappa shape index (κ2) is 5.19. The van der Waals surface area contributed by atoms with Crippen LogP contribution in [0.2, 0.25) is 0 Å². The van der Waals surface area contributed by atoms with E-state index in [1.807, 2.05) is 0 Å². The first kappa shape index (κ1) is 11.3. The van der Waals surface area contributed by atoms with Gasteiger partial charge in [0.15, 0.2) is 0 Å². The summed E-state index contributed by atoms with van der Waals surface area (Å²) in [6, 6.07) is 4.25. The Morgan fingerprint density at radius 3 is 2.93 bits per heavy atom. The number of carboxylic acids is 1. The molecule has 0 unspecified atom stereocenters. The van der Waals surface area contributed by atoms with Crippen LogP contribution in [0.25, 0.3) is 0 Å². The zero-order chi connectivity index (χ0) is 11.3. The molecule has 0 atom stereocenters. The third-order valence-corrected chi connectivity index (χ3v) is 1.83. The van der Waals surface area contributed by atoms with Crippen molar-refractivity contribution < 1.29 is 19.0 Å². The maximum Gasteiger partial charge on any atom is 0.305 e. The Kier molecular flexibility index (Phi) is 3.91. The molecule has 1 aromatic rings. The fraction of sp³-hybridized carbons (Fsp3) is 0.300. The maximum atomic E-state index is 13.2. The quantitative estimate of drug-likeness (QED) is 0.781. The molecule has 0 fully saturated rings. The van der Waals surface area contributed by atoms with Gasteiger partial charge in [0.25, 0.3) is 0 Å². The van der Waals surface area contributed by atoms with E-state index in [2.05, 4.69) is 5.32 Å². The summed E-state index contributed by atoms with van der Waals surface area (Å²) in [4.78, 5) is 10.2. The lowest BCUT2D eigenvalue weighted by Gasteiger charge is -2.07. The van der Waals surface area contributed by atoms with Gasteiger partial charge in [0.1, 0.15) is 11.6 Å². The zero-order valence-electron chi connectivity index (χ0n) is 8.29. The molecular formula is C10H12FNO3. The van der Waals surface area contributed by atoms with Crippen molar-refractivity contribution in [2.75, 3.05) is 19.0 Å². The summed E-state index contributed by atoms with van der Waals surface area (Å²) in [6.07, 6.45) is -0.0589. The van der Waals surface area contributed by atoms with E-state index >= 15 is 0 Å². The van der Waals surface area contributed by atoms with Crippen molar-refractivity contribution in [3.8, 4) is 5.75 Å². The molecular weight excluding hydrogens is 201 g/mol. The summed E-state index contributed by atoms with van der Waals surface area (Å²) in [5.74, 6) is -0.832. The molecule has 15 heavy (non-hydrogen) atoms. The highest BCUT2D eigenvalue weighted by Gasteiger charge is 2.04. The van der Waals surface area contributed by atoms with Gasteiger partial charge in [0, 0.05) is 12.6 Å². The summed E-state index contributed by atoms with van der Waals surface area (Å²) >= 11 is 0. The van der Waals surface area contributed by atoms with Gasteiger partial charge in [-0.1, -0.05) is 0 Å². The van der Waals surface area contributed by atoms with Crippen LogP contribution in [0.4, 0.5) is 10.1 Å². The molecule has 4 nitrogen and oxygen atoms in total. The Labute approximate surface area is 86.7 Å². The van der Waals surface area contributed by atoms with E-state index in [4.69, 9.17) is 9.84 Å². The molecule has 0 saturated heterocycles. The van der Waals surface area contributed by atoms with Crippen LogP contribution in [-0.4, -0.2) is 24.7 Å². The van der Waals surface area contributed by atoms with Crippen LogP contribution >= 0.6 is 0 Å². The normalized spacial score (nSPS) is 9.73. The lowest BCUT2D eigenvalue weighted by Crippen LogP contribution is -2.08. The van der Waals surface area contributed by atoms with Crippen LogP contribution < -0.4 is 10.1 Å². The van der Waals surface area contributed by atoms with Crippen molar-refractivity contribution in [2.45, 2.75) is 6.42 Å². The molecule has 0 aromatic heterocycles. The van der Waals surface area contributed by atoms with Gasteiger partial charge in [-0.3, -0.25) is 4.79 Å². The first-order chi connectivity index (χ1) is 7.13. The van der Waals surface area contributed by atoms with E-state index in [1.165, 1.54) is 25.3 Å². The highest BCUT2D eigenvalue weighted by Crippen LogP contribution is 2.20. The number of aliphatic carboxylic acids is 1. The summed E-state index contributed by atoms with van der Waals surface area (Å²) in [5, 5.41) is 11.1. The molecule has 1 rings (SSSR count). The van der Waals surface area contributed by atoms with E-state index < -0.39 is 11.8 Å². The second-order valence-corrected chi connectivity index (χ2v) is 2.92. The Bertz CT molecular complexity index is 355. The minimum absolute atomic E-state index is 0.0589. The fourth-order valence-electron chi connectivity index (χ4n) is 1.07. The van der Waals surface area contributed by atoms with E-state index in [1.54, 1.807) is 0 Å². The first-order valence-electron chi connectivity index (χ1n) is 4.42. The summed E-state index contributed by atoms with van der Waals surface area (Å²) in [6.45, 7) is 0.180. The Morgan fingerprint density at radius 1 is 1.60 bits per heavy atom. The highest BCUT2D eigenvalue weighted by molar-refractivity contribution is 5.67. The molecule has 0 amide bonds. The van der Waals surface area contributed by atoms with Crippen LogP contribution in [0, 0.1) is 5.82 Å². The summed E-state index contributed by atoms with van der Waals surface area (Å²) < 4.78 is 18.1. The molecule has 2 N–H and O–H groups in total. The van der Waals surface area contributed by atoms with Gasteiger partial charge in [-0.2, -0.15) is 0 Å².